The molecule has 0 aliphatic heterocycles. The van der Waals surface area contributed by atoms with Gasteiger partial charge in [0.1, 0.15) is 0 Å². The van der Waals surface area contributed by atoms with Crippen LogP contribution in [0.3, 0.4) is 0 Å². The van der Waals surface area contributed by atoms with E-state index in [1.54, 1.807) is 6.07 Å². The lowest BCUT2D eigenvalue weighted by atomic mass is 9.91. The van der Waals surface area contributed by atoms with E-state index in [9.17, 15) is 9.90 Å². The number of aliphatic hydroxyl groups excluding tert-OH is 1. The van der Waals surface area contributed by atoms with Crippen LogP contribution < -0.4 is 5.32 Å². The Bertz CT molecular complexity index is 402. The van der Waals surface area contributed by atoms with Crippen LogP contribution in [0.5, 0.6) is 0 Å². The van der Waals surface area contributed by atoms with Crippen molar-refractivity contribution in [2.45, 2.75) is 40.0 Å². The van der Waals surface area contributed by atoms with E-state index in [-0.39, 0.29) is 12.5 Å². The molecule has 0 aromatic carbocycles. The summed E-state index contributed by atoms with van der Waals surface area (Å²) in [4.78, 5) is 11.7. The Hall–Kier alpha value is -1.36. The zero-order valence-electron chi connectivity index (χ0n) is 11.0. The van der Waals surface area contributed by atoms with Crippen LogP contribution in [-0.2, 0) is 10.2 Å². The molecule has 0 spiro atoms. The van der Waals surface area contributed by atoms with Crippen molar-refractivity contribution in [1.29, 1.82) is 0 Å². The monoisotopic (exact) mass is 240 g/mol. The molecule has 1 rings (SSSR count). The quantitative estimate of drug-likeness (QED) is 0.846. The Balaban J connectivity index is 2.80. The Kier molecular flexibility index (Phi) is 3.62. The van der Waals surface area contributed by atoms with E-state index in [2.05, 4.69) is 10.5 Å². The predicted molar refractivity (Wildman–Crippen MR) is 64.7 cm³/mol. The minimum Gasteiger partial charge on any atom is -0.395 e. The third kappa shape index (κ3) is 3.30. The molecule has 0 radical (unpaired) electrons. The summed E-state index contributed by atoms with van der Waals surface area (Å²) in [5.41, 5.74) is -0.350. The number of carbonyl (C=O) groups excluding carboxylic acids is 1. The number of rotatable bonds is 3. The minimum atomic E-state index is -0.487. The molecular formula is C12H20N2O3. The lowest BCUT2D eigenvalue weighted by molar-refractivity contribution is -0.123. The molecule has 0 bridgehead atoms. The van der Waals surface area contributed by atoms with Crippen LogP contribution in [0.4, 0.5) is 5.88 Å². The number of hydrogen-bond acceptors (Lipinski definition) is 4. The molecule has 1 heterocycles. The Morgan fingerprint density at radius 3 is 2.47 bits per heavy atom. The second-order valence-corrected chi connectivity index (χ2v) is 5.82. The van der Waals surface area contributed by atoms with Gasteiger partial charge in [-0.2, -0.15) is 0 Å². The largest absolute Gasteiger partial charge is 0.395 e. The summed E-state index contributed by atoms with van der Waals surface area (Å²) in [5, 5.41) is 15.7. The SMILES string of the molecule is CC(C)(C)C(=O)Nc1cc(C(C)(C)CO)no1. The maximum atomic E-state index is 11.7. The Morgan fingerprint density at radius 2 is 2.00 bits per heavy atom. The topological polar surface area (TPSA) is 75.4 Å². The number of anilines is 1. The van der Waals surface area contributed by atoms with Crippen LogP contribution in [0.1, 0.15) is 40.3 Å². The first-order chi connectivity index (χ1) is 7.66. The second kappa shape index (κ2) is 4.49. The lowest BCUT2D eigenvalue weighted by Gasteiger charge is -2.17. The molecule has 1 aromatic rings. The molecule has 17 heavy (non-hydrogen) atoms. The Morgan fingerprint density at radius 1 is 1.41 bits per heavy atom. The average molecular weight is 240 g/mol. The normalized spacial score (nSPS) is 12.6. The van der Waals surface area contributed by atoms with Gasteiger partial charge in [0.05, 0.1) is 12.3 Å². The molecule has 1 aromatic heterocycles. The van der Waals surface area contributed by atoms with Crippen molar-refractivity contribution < 1.29 is 14.4 Å². The molecule has 0 saturated carbocycles. The predicted octanol–water partition coefficient (Wildman–Crippen LogP) is 1.93. The number of nitrogens with one attached hydrogen (secondary N) is 1. The van der Waals surface area contributed by atoms with E-state index in [0.717, 1.165) is 0 Å². The molecule has 0 saturated heterocycles. The number of nitrogens with zero attached hydrogens (tertiary/aromatic N) is 1. The van der Waals surface area contributed by atoms with E-state index in [0.29, 0.717) is 11.6 Å². The van der Waals surface area contributed by atoms with Gasteiger partial charge in [0, 0.05) is 16.9 Å². The number of amides is 1. The van der Waals surface area contributed by atoms with Crippen molar-refractivity contribution in [3.05, 3.63) is 11.8 Å². The van der Waals surface area contributed by atoms with Gasteiger partial charge in [-0.05, 0) is 0 Å². The highest BCUT2D eigenvalue weighted by Crippen LogP contribution is 2.25. The standard InChI is InChI=1S/C12H20N2O3/c1-11(2,3)10(16)13-9-6-8(14-17-9)12(4,5)7-15/h6,15H,7H2,1-5H3,(H,13,16). The molecule has 96 valence electrons. The van der Waals surface area contributed by atoms with Gasteiger partial charge in [0.25, 0.3) is 0 Å². The first-order valence-corrected chi connectivity index (χ1v) is 5.56. The van der Waals surface area contributed by atoms with E-state index in [4.69, 9.17) is 4.52 Å². The first kappa shape index (κ1) is 13.7. The zero-order chi connectivity index (χ0) is 13.3. The summed E-state index contributed by atoms with van der Waals surface area (Å²) in [6.07, 6.45) is 0. The molecule has 0 aliphatic carbocycles. The molecule has 0 unspecified atom stereocenters. The molecule has 0 aliphatic rings. The van der Waals surface area contributed by atoms with Gasteiger partial charge in [-0.1, -0.05) is 39.8 Å². The van der Waals surface area contributed by atoms with E-state index >= 15 is 0 Å². The average Bonchev–Trinajstić information content (AvgIpc) is 2.65. The summed E-state index contributed by atoms with van der Waals surface area (Å²) in [6.45, 7) is 9.11. The summed E-state index contributed by atoms with van der Waals surface area (Å²) >= 11 is 0. The maximum absolute atomic E-state index is 11.7. The van der Waals surface area contributed by atoms with Gasteiger partial charge < -0.3 is 9.63 Å². The molecule has 1 amide bonds. The van der Waals surface area contributed by atoms with Crippen LogP contribution in [0.2, 0.25) is 0 Å². The fraction of sp³-hybridized carbons (Fsp3) is 0.667. The van der Waals surface area contributed by atoms with Gasteiger partial charge in [-0.15, -0.1) is 0 Å². The highest BCUT2D eigenvalue weighted by molar-refractivity contribution is 5.93. The molecule has 0 atom stereocenters. The number of aliphatic hydroxyl groups is 1. The zero-order valence-corrected chi connectivity index (χ0v) is 11.0. The van der Waals surface area contributed by atoms with Gasteiger partial charge >= 0.3 is 0 Å². The third-order valence-electron chi connectivity index (χ3n) is 2.52. The van der Waals surface area contributed by atoms with Crippen LogP contribution in [0.25, 0.3) is 0 Å². The third-order valence-corrected chi connectivity index (χ3v) is 2.52. The van der Waals surface area contributed by atoms with Gasteiger partial charge in [0.15, 0.2) is 0 Å². The van der Waals surface area contributed by atoms with E-state index < -0.39 is 10.8 Å². The van der Waals surface area contributed by atoms with Gasteiger partial charge in [0.2, 0.25) is 11.8 Å². The first-order valence-electron chi connectivity index (χ1n) is 5.56. The number of aromatic nitrogens is 1. The smallest absolute Gasteiger partial charge is 0.232 e. The lowest BCUT2D eigenvalue weighted by Crippen LogP contribution is -2.27. The summed E-state index contributed by atoms with van der Waals surface area (Å²) in [5.74, 6) is 0.170. The molecule has 2 N–H and O–H groups in total. The van der Waals surface area contributed by atoms with Crippen molar-refractivity contribution in [1.82, 2.24) is 5.16 Å². The Labute approximate surface area is 101 Å². The second-order valence-electron chi connectivity index (χ2n) is 5.82. The van der Waals surface area contributed by atoms with Gasteiger partial charge in [-0.25, -0.2) is 0 Å². The van der Waals surface area contributed by atoms with Crippen molar-refractivity contribution in [3.63, 3.8) is 0 Å². The summed E-state index contributed by atoms with van der Waals surface area (Å²) in [7, 11) is 0. The van der Waals surface area contributed by atoms with Crippen molar-refractivity contribution in [2.75, 3.05) is 11.9 Å². The molecular weight excluding hydrogens is 220 g/mol. The van der Waals surface area contributed by atoms with Crippen molar-refractivity contribution in [3.8, 4) is 0 Å². The molecule has 0 fully saturated rings. The number of carbonyl (C=O) groups is 1. The fourth-order valence-electron chi connectivity index (χ4n) is 1.03. The maximum Gasteiger partial charge on any atom is 0.232 e. The minimum absolute atomic E-state index is 0.0355. The highest BCUT2D eigenvalue weighted by Gasteiger charge is 2.26. The highest BCUT2D eigenvalue weighted by atomic mass is 16.5. The summed E-state index contributed by atoms with van der Waals surface area (Å²) < 4.78 is 5.03. The van der Waals surface area contributed by atoms with Crippen molar-refractivity contribution >= 4 is 11.8 Å². The molecule has 5 heteroatoms. The van der Waals surface area contributed by atoms with Crippen LogP contribution in [0.15, 0.2) is 10.6 Å². The fourth-order valence-corrected chi connectivity index (χ4v) is 1.03. The van der Waals surface area contributed by atoms with E-state index in [1.807, 2.05) is 34.6 Å². The van der Waals surface area contributed by atoms with E-state index in [1.165, 1.54) is 0 Å². The summed E-state index contributed by atoms with van der Waals surface area (Å²) in [6, 6.07) is 1.64. The van der Waals surface area contributed by atoms with Crippen LogP contribution in [0, 0.1) is 5.41 Å². The molecule has 5 nitrogen and oxygen atoms in total. The van der Waals surface area contributed by atoms with Crippen molar-refractivity contribution in [2.24, 2.45) is 5.41 Å². The number of hydrogen-bond donors (Lipinski definition) is 2. The van der Waals surface area contributed by atoms with Crippen LogP contribution >= 0.6 is 0 Å². The van der Waals surface area contributed by atoms with Crippen LogP contribution in [-0.4, -0.2) is 22.8 Å². The van der Waals surface area contributed by atoms with Gasteiger partial charge in [-0.3, -0.25) is 10.1 Å².